The summed E-state index contributed by atoms with van der Waals surface area (Å²) < 4.78 is 10.8. The molecule has 0 saturated heterocycles. The van der Waals surface area contributed by atoms with Crippen LogP contribution in [0, 0.1) is 13.8 Å². The molecule has 1 aromatic carbocycles. The van der Waals surface area contributed by atoms with E-state index in [1.165, 1.54) is 0 Å². The summed E-state index contributed by atoms with van der Waals surface area (Å²) in [6.07, 6.45) is 1.00. The first kappa shape index (κ1) is 16.5. The first-order valence-electron chi connectivity index (χ1n) is 7.09. The van der Waals surface area contributed by atoms with E-state index >= 15 is 0 Å². The highest BCUT2D eigenvalue weighted by Gasteiger charge is 2.18. The normalized spacial score (nSPS) is 12.0. The van der Waals surface area contributed by atoms with Crippen molar-refractivity contribution in [1.29, 1.82) is 0 Å². The lowest BCUT2D eigenvalue weighted by Gasteiger charge is -2.19. The predicted molar refractivity (Wildman–Crippen MR) is 80.1 cm³/mol. The van der Waals surface area contributed by atoms with E-state index in [1.807, 2.05) is 39.0 Å². The SMILES string of the molecule is CCC(Oc1cc(C)ccc1C)C(=O)NCCCOC. The fourth-order valence-corrected chi connectivity index (χ4v) is 1.85. The molecule has 1 amide bonds. The molecule has 4 nitrogen and oxygen atoms in total. The molecular formula is C16H25NO3. The summed E-state index contributed by atoms with van der Waals surface area (Å²) in [6, 6.07) is 6.01. The molecule has 0 heterocycles. The molecule has 0 aliphatic rings. The summed E-state index contributed by atoms with van der Waals surface area (Å²) in [7, 11) is 1.65. The summed E-state index contributed by atoms with van der Waals surface area (Å²) in [5, 5.41) is 2.88. The van der Waals surface area contributed by atoms with Crippen LogP contribution < -0.4 is 10.1 Å². The van der Waals surface area contributed by atoms with Crippen molar-refractivity contribution in [2.75, 3.05) is 20.3 Å². The van der Waals surface area contributed by atoms with Crippen molar-refractivity contribution in [1.82, 2.24) is 5.32 Å². The smallest absolute Gasteiger partial charge is 0.261 e. The lowest BCUT2D eigenvalue weighted by molar-refractivity contribution is -0.128. The summed E-state index contributed by atoms with van der Waals surface area (Å²) >= 11 is 0. The standard InChI is InChI=1S/C16H25NO3/c1-5-14(16(18)17-9-6-10-19-4)20-15-11-12(2)7-8-13(15)3/h7-8,11,14H,5-6,9-10H2,1-4H3,(H,17,18). The Morgan fingerprint density at radius 3 is 2.75 bits per heavy atom. The Bertz CT molecular complexity index is 432. The molecule has 4 heteroatoms. The van der Waals surface area contributed by atoms with Crippen molar-refractivity contribution in [3.8, 4) is 5.75 Å². The zero-order chi connectivity index (χ0) is 15.0. The topological polar surface area (TPSA) is 47.6 Å². The molecule has 1 unspecified atom stereocenters. The van der Waals surface area contributed by atoms with Gasteiger partial charge in [0.25, 0.3) is 5.91 Å². The van der Waals surface area contributed by atoms with Gasteiger partial charge in [-0.2, -0.15) is 0 Å². The summed E-state index contributed by atoms with van der Waals surface area (Å²) in [6.45, 7) is 7.20. The van der Waals surface area contributed by atoms with E-state index in [4.69, 9.17) is 9.47 Å². The second-order valence-electron chi connectivity index (χ2n) is 4.92. The average molecular weight is 279 g/mol. The molecule has 0 aromatic heterocycles. The van der Waals surface area contributed by atoms with Crippen LogP contribution in [0.15, 0.2) is 18.2 Å². The van der Waals surface area contributed by atoms with E-state index in [0.29, 0.717) is 19.6 Å². The van der Waals surface area contributed by atoms with Gasteiger partial charge in [0.05, 0.1) is 0 Å². The first-order chi connectivity index (χ1) is 9.58. The Hall–Kier alpha value is -1.55. The second kappa shape index (κ2) is 8.59. The van der Waals surface area contributed by atoms with Crippen molar-refractivity contribution in [3.05, 3.63) is 29.3 Å². The van der Waals surface area contributed by atoms with Crippen LogP contribution in [0.2, 0.25) is 0 Å². The Balaban J connectivity index is 2.57. The highest BCUT2D eigenvalue weighted by molar-refractivity contribution is 5.81. The molecule has 1 atom stereocenters. The number of rotatable bonds is 8. The molecule has 20 heavy (non-hydrogen) atoms. The van der Waals surface area contributed by atoms with Gasteiger partial charge in [-0.1, -0.05) is 19.1 Å². The van der Waals surface area contributed by atoms with Crippen molar-refractivity contribution in [2.24, 2.45) is 0 Å². The number of benzene rings is 1. The number of hydrogen-bond acceptors (Lipinski definition) is 3. The Kier molecular flexibility index (Phi) is 7.09. The fraction of sp³-hybridized carbons (Fsp3) is 0.562. The number of aryl methyl sites for hydroxylation is 2. The third-order valence-corrected chi connectivity index (χ3v) is 3.10. The fourth-order valence-electron chi connectivity index (χ4n) is 1.85. The summed E-state index contributed by atoms with van der Waals surface area (Å²) in [4.78, 5) is 12.1. The quantitative estimate of drug-likeness (QED) is 0.744. The van der Waals surface area contributed by atoms with Crippen LogP contribution in [0.4, 0.5) is 0 Å². The highest BCUT2D eigenvalue weighted by Crippen LogP contribution is 2.21. The van der Waals surface area contributed by atoms with Gasteiger partial charge in [0, 0.05) is 20.3 Å². The van der Waals surface area contributed by atoms with Crippen LogP contribution >= 0.6 is 0 Å². The Labute approximate surface area is 121 Å². The molecule has 0 saturated carbocycles. The van der Waals surface area contributed by atoms with Crippen LogP contribution in [0.5, 0.6) is 5.75 Å². The van der Waals surface area contributed by atoms with E-state index in [1.54, 1.807) is 7.11 Å². The molecule has 112 valence electrons. The molecule has 1 N–H and O–H groups in total. The molecule has 0 radical (unpaired) electrons. The molecular weight excluding hydrogens is 254 g/mol. The molecule has 0 spiro atoms. The van der Waals surface area contributed by atoms with Crippen molar-refractivity contribution >= 4 is 5.91 Å². The van der Waals surface area contributed by atoms with Gasteiger partial charge < -0.3 is 14.8 Å². The molecule has 0 aliphatic carbocycles. The average Bonchev–Trinajstić information content (AvgIpc) is 2.44. The number of carbonyl (C=O) groups is 1. The molecule has 0 bridgehead atoms. The number of methoxy groups -OCH3 is 1. The molecule has 0 aliphatic heterocycles. The largest absolute Gasteiger partial charge is 0.480 e. The van der Waals surface area contributed by atoms with E-state index in [2.05, 4.69) is 5.32 Å². The highest BCUT2D eigenvalue weighted by atomic mass is 16.5. The Morgan fingerprint density at radius 1 is 1.35 bits per heavy atom. The maximum atomic E-state index is 12.1. The van der Waals surface area contributed by atoms with Crippen LogP contribution in [-0.4, -0.2) is 32.3 Å². The molecule has 1 aromatic rings. The molecule has 0 fully saturated rings. The number of ether oxygens (including phenoxy) is 2. The minimum Gasteiger partial charge on any atom is -0.480 e. The van der Waals surface area contributed by atoms with Crippen molar-refractivity contribution in [3.63, 3.8) is 0 Å². The van der Waals surface area contributed by atoms with Gasteiger partial charge in [0.1, 0.15) is 5.75 Å². The number of carbonyl (C=O) groups excluding carboxylic acids is 1. The van der Waals surface area contributed by atoms with Crippen LogP contribution in [-0.2, 0) is 9.53 Å². The zero-order valence-electron chi connectivity index (χ0n) is 12.9. The van der Waals surface area contributed by atoms with E-state index in [0.717, 1.165) is 23.3 Å². The number of amides is 1. The summed E-state index contributed by atoms with van der Waals surface area (Å²) in [5.41, 5.74) is 2.17. The van der Waals surface area contributed by atoms with Gasteiger partial charge >= 0.3 is 0 Å². The van der Waals surface area contributed by atoms with Gasteiger partial charge in [-0.3, -0.25) is 4.79 Å². The first-order valence-corrected chi connectivity index (χ1v) is 7.09. The van der Waals surface area contributed by atoms with Gasteiger partial charge in [-0.05, 0) is 43.9 Å². The van der Waals surface area contributed by atoms with Gasteiger partial charge in [0.15, 0.2) is 6.10 Å². The third kappa shape index (κ3) is 5.21. The minimum atomic E-state index is -0.446. The summed E-state index contributed by atoms with van der Waals surface area (Å²) in [5.74, 6) is 0.716. The van der Waals surface area contributed by atoms with E-state index in [9.17, 15) is 4.79 Å². The third-order valence-electron chi connectivity index (χ3n) is 3.10. The van der Waals surface area contributed by atoms with Gasteiger partial charge in [-0.15, -0.1) is 0 Å². The van der Waals surface area contributed by atoms with Crippen LogP contribution in [0.1, 0.15) is 30.9 Å². The lowest BCUT2D eigenvalue weighted by Crippen LogP contribution is -2.38. The second-order valence-corrected chi connectivity index (χ2v) is 4.92. The monoisotopic (exact) mass is 279 g/mol. The lowest BCUT2D eigenvalue weighted by atomic mass is 10.1. The zero-order valence-corrected chi connectivity index (χ0v) is 12.9. The van der Waals surface area contributed by atoms with E-state index in [-0.39, 0.29) is 5.91 Å². The van der Waals surface area contributed by atoms with Gasteiger partial charge in [0.2, 0.25) is 0 Å². The number of nitrogens with one attached hydrogen (secondary N) is 1. The Morgan fingerprint density at radius 2 is 2.10 bits per heavy atom. The van der Waals surface area contributed by atoms with E-state index < -0.39 is 6.10 Å². The maximum Gasteiger partial charge on any atom is 0.261 e. The van der Waals surface area contributed by atoms with Crippen LogP contribution in [0.3, 0.4) is 0 Å². The predicted octanol–water partition coefficient (Wildman–Crippen LogP) is 2.61. The maximum absolute atomic E-state index is 12.1. The van der Waals surface area contributed by atoms with Gasteiger partial charge in [-0.25, -0.2) is 0 Å². The molecule has 1 rings (SSSR count). The number of hydrogen-bond donors (Lipinski definition) is 1. The van der Waals surface area contributed by atoms with Crippen molar-refractivity contribution < 1.29 is 14.3 Å². The minimum absolute atomic E-state index is 0.0653. The van der Waals surface area contributed by atoms with Crippen LogP contribution in [0.25, 0.3) is 0 Å². The van der Waals surface area contributed by atoms with Crippen molar-refractivity contribution in [2.45, 2.75) is 39.7 Å².